The predicted octanol–water partition coefficient (Wildman–Crippen LogP) is 2.75. The fraction of sp³-hybridized carbons (Fsp3) is 0.100. The molecule has 0 amide bonds. The molecule has 0 fully saturated rings. The highest BCUT2D eigenvalue weighted by Crippen LogP contribution is 2.33. The van der Waals surface area contributed by atoms with E-state index in [2.05, 4.69) is 26.0 Å². The van der Waals surface area contributed by atoms with E-state index in [9.17, 15) is 18.0 Å². The zero-order chi connectivity index (χ0) is 14.2. The molecule has 2 heterocycles. The molecule has 0 aliphatic heterocycles. The van der Waals surface area contributed by atoms with E-state index < -0.39 is 23.4 Å². The van der Waals surface area contributed by atoms with Crippen molar-refractivity contribution in [2.24, 2.45) is 0 Å². The summed E-state index contributed by atoms with van der Waals surface area (Å²) in [5.74, 6) is -1.83. The van der Waals surface area contributed by atoms with Gasteiger partial charge in [-0.1, -0.05) is 15.9 Å². The molecule has 0 atom stereocenters. The zero-order valence-corrected chi connectivity index (χ0v) is 10.6. The third kappa shape index (κ3) is 2.60. The van der Waals surface area contributed by atoms with Crippen LogP contribution in [0.15, 0.2) is 29.0 Å². The van der Waals surface area contributed by atoms with Gasteiger partial charge in [0.1, 0.15) is 5.56 Å². The van der Waals surface area contributed by atoms with Crippen molar-refractivity contribution in [3.63, 3.8) is 0 Å². The van der Waals surface area contributed by atoms with Crippen LogP contribution in [-0.2, 0) is 6.18 Å². The Kier molecular flexibility index (Phi) is 3.31. The summed E-state index contributed by atoms with van der Waals surface area (Å²) in [5, 5.41) is 12.2. The van der Waals surface area contributed by atoms with Gasteiger partial charge in [-0.3, -0.25) is 0 Å². The predicted molar refractivity (Wildman–Crippen MR) is 61.0 cm³/mol. The topological polar surface area (TPSA) is 68.0 Å². The quantitative estimate of drug-likeness (QED) is 0.916. The summed E-state index contributed by atoms with van der Waals surface area (Å²) >= 11 is 3.09. The van der Waals surface area contributed by atoms with Gasteiger partial charge in [0.15, 0.2) is 11.5 Å². The third-order valence-corrected chi connectivity index (χ3v) is 2.69. The third-order valence-electron chi connectivity index (χ3n) is 2.19. The fourth-order valence-corrected chi connectivity index (χ4v) is 1.78. The number of hydrogen-bond acceptors (Lipinski definition) is 3. The lowest BCUT2D eigenvalue weighted by Gasteiger charge is -2.10. The molecular weight excluding hydrogens is 331 g/mol. The van der Waals surface area contributed by atoms with Crippen LogP contribution >= 0.6 is 15.9 Å². The van der Waals surface area contributed by atoms with Crippen LogP contribution in [0.25, 0.3) is 5.82 Å². The van der Waals surface area contributed by atoms with Crippen molar-refractivity contribution in [3.8, 4) is 5.82 Å². The van der Waals surface area contributed by atoms with Gasteiger partial charge in [-0.25, -0.2) is 14.5 Å². The van der Waals surface area contributed by atoms with Gasteiger partial charge in [-0.2, -0.15) is 18.3 Å². The first kappa shape index (κ1) is 13.5. The molecule has 0 bridgehead atoms. The first-order chi connectivity index (χ1) is 8.80. The second-order valence-electron chi connectivity index (χ2n) is 3.45. The SMILES string of the molecule is O=C(O)c1cnn(-c2cc(Br)ccn2)c1C(F)(F)F. The second-order valence-corrected chi connectivity index (χ2v) is 4.37. The molecule has 9 heteroatoms. The maximum Gasteiger partial charge on any atom is 0.434 e. The Bertz CT molecular complexity index is 639. The van der Waals surface area contributed by atoms with E-state index in [1.807, 2.05) is 0 Å². The number of carboxylic acid groups (broad SMARTS) is 1. The van der Waals surface area contributed by atoms with Crippen molar-refractivity contribution in [1.29, 1.82) is 0 Å². The van der Waals surface area contributed by atoms with Crippen molar-refractivity contribution < 1.29 is 23.1 Å². The molecule has 19 heavy (non-hydrogen) atoms. The Morgan fingerprint density at radius 3 is 2.63 bits per heavy atom. The highest BCUT2D eigenvalue weighted by Gasteiger charge is 2.40. The molecule has 100 valence electrons. The summed E-state index contributed by atoms with van der Waals surface area (Å²) in [7, 11) is 0. The number of pyridine rings is 1. The average molecular weight is 336 g/mol. The fourth-order valence-electron chi connectivity index (χ4n) is 1.46. The Hall–Kier alpha value is -1.90. The normalized spacial score (nSPS) is 11.6. The summed E-state index contributed by atoms with van der Waals surface area (Å²) in [6.07, 6.45) is -2.93. The van der Waals surface area contributed by atoms with E-state index >= 15 is 0 Å². The van der Waals surface area contributed by atoms with Crippen molar-refractivity contribution in [1.82, 2.24) is 14.8 Å². The molecule has 5 nitrogen and oxygen atoms in total. The molecule has 0 aliphatic carbocycles. The Balaban J connectivity index is 2.68. The van der Waals surface area contributed by atoms with Crippen LogP contribution < -0.4 is 0 Å². The molecular formula is C10H5BrF3N3O2. The number of aromatic carboxylic acids is 1. The smallest absolute Gasteiger partial charge is 0.434 e. The van der Waals surface area contributed by atoms with E-state index in [1.54, 1.807) is 0 Å². The van der Waals surface area contributed by atoms with Crippen LogP contribution in [0, 0.1) is 0 Å². The van der Waals surface area contributed by atoms with Gasteiger partial charge in [0.05, 0.1) is 6.20 Å². The molecule has 1 N–H and O–H groups in total. The number of carboxylic acids is 1. The summed E-state index contributed by atoms with van der Waals surface area (Å²) in [6.45, 7) is 0. The number of aromatic nitrogens is 3. The summed E-state index contributed by atoms with van der Waals surface area (Å²) in [6, 6.07) is 2.83. The monoisotopic (exact) mass is 335 g/mol. The van der Waals surface area contributed by atoms with Gasteiger partial charge in [-0.15, -0.1) is 0 Å². The lowest BCUT2D eigenvalue weighted by molar-refractivity contribution is -0.143. The first-order valence-corrected chi connectivity index (χ1v) is 5.60. The molecule has 2 rings (SSSR count). The minimum atomic E-state index is -4.85. The summed E-state index contributed by atoms with van der Waals surface area (Å²) in [4.78, 5) is 14.5. The average Bonchev–Trinajstić information content (AvgIpc) is 2.73. The Morgan fingerprint density at radius 2 is 2.11 bits per heavy atom. The molecule has 0 unspecified atom stereocenters. The Labute approximate surface area is 112 Å². The van der Waals surface area contributed by atoms with Gasteiger partial charge in [0.25, 0.3) is 0 Å². The Morgan fingerprint density at radius 1 is 1.42 bits per heavy atom. The summed E-state index contributed by atoms with van der Waals surface area (Å²) in [5.41, 5.74) is -2.29. The lowest BCUT2D eigenvalue weighted by Crippen LogP contribution is -2.17. The van der Waals surface area contributed by atoms with Crippen LogP contribution in [-0.4, -0.2) is 25.8 Å². The van der Waals surface area contributed by atoms with Crippen molar-refractivity contribution in [2.45, 2.75) is 6.18 Å². The van der Waals surface area contributed by atoms with Crippen molar-refractivity contribution >= 4 is 21.9 Å². The maximum absolute atomic E-state index is 12.9. The van der Waals surface area contributed by atoms with Crippen LogP contribution in [0.1, 0.15) is 16.1 Å². The standard InChI is InChI=1S/C10H5BrF3N3O2/c11-5-1-2-15-7(3-5)17-8(10(12,13)14)6(4-16-17)9(18)19/h1-4H,(H,18,19). The molecule has 0 radical (unpaired) electrons. The van der Waals surface area contributed by atoms with Gasteiger partial charge in [0.2, 0.25) is 0 Å². The van der Waals surface area contributed by atoms with E-state index in [1.165, 1.54) is 18.3 Å². The van der Waals surface area contributed by atoms with Crippen molar-refractivity contribution in [2.75, 3.05) is 0 Å². The largest absolute Gasteiger partial charge is 0.478 e. The molecule has 0 saturated carbocycles. The highest BCUT2D eigenvalue weighted by atomic mass is 79.9. The van der Waals surface area contributed by atoms with Crippen LogP contribution in [0.3, 0.4) is 0 Å². The van der Waals surface area contributed by atoms with Gasteiger partial charge in [-0.05, 0) is 12.1 Å². The van der Waals surface area contributed by atoms with Gasteiger partial charge in [0, 0.05) is 10.7 Å². The van der Waals surface area contributed by atoms with E-state index in [0.29, 0.717) is 15.4 Å². The number of nitrogens with zero attached hydrogens (tertiary/aromatic N) is 3. The number of carbonyl (C=O) groups is 1. The molecule has 2 aromatic rings. The van der Waals surface area contributed by atoms with Gasteiger partial charge < -0.3 is 5.11 Å². The lowest BCUT2D eigenvalue weighted by atomic mass is 10.2. The minimum Gasteiger partial charge on any atom is -0.478 e. The number of rotatable bonds is 2. The first-order valence-electron chi connectivity index (χ1n) is 4.81. The number of halogens is 4. The molecule has 0 saturated heterocycles. The zero-order valence-electron chi connectivity index (χ0n) is 9.02. The van der Waals surface area contributed by atoms with Crippen LogP contribution in [0.2, 0.25) is 0 Å². The van der Waals surface area contributed by atoms with E-state index in [-0.39, 0.29) is 5.82 Å². The van der Waals surface area contributed by atoms with Crippen LogP contribution in [0.5, 0.6) is 0 Å². The van der Waals surface area contributed by atoms with Gasteiger partial charge >= 0.3 is 12.1 Å². The molecule has 2 aromatic heterocycles. The second kappa shape index (κ2) is 4.65. The molecule has 0 spiro atoms. The highest BCUT2D eigenvalue weighted by molar-refractivity contribution is 9.10. The van der Waals surface area contributed by atoms with E-state index in [0.717, 1.165) is 0 Å². The summed E-state index contributed by atoms with van der Waals surface area (Å²) < 4.78 is 39.7. The molecule has 0 aromatic carbocycles. The number of hydrogen-bond donors (Lipinski definition) is 1. The number of alkyl halides is 3. The molecule has 0 aliphatic rings. The van der Waals surface area contributed by atoms with Crippen LogP contribution in [0.4, 0.5) is 13.2 Å². The minimum absolute atomic E-state index is 0.130. The van der Waals surface area contributed by atoms with Crippen molar-refractivity contribution in [3.05, 3.63) is 40.3 Å². The van der Waals surface area contributed by atoms with E-state index in [4.69, 9.17) is 5.11 Å². The maximum atomic E-state index is 12.9.